The standard InChI is InChI=1S/C7H5NO2/c1-3-9-4-2-7-6(1)5-8-10-7/h1-5H. The summed E-state index contributed by atoms with van der Waals surface area (Å²) in [5.74, 6) is 0.730. The number of rotatable bonds is 0. The minimum atomic E-state index is 0.730. The Morgan fingerprint density at radius 1 is 1.20 bits per heavy atom. The highest BCUT2D eigenvalue weighted by Crippen LogP contribution is 2.14. The maximum atomic E-state index is 4.89. The number of fused-ring (bicyclic) bond motifs is 1. The highest BCUT2D eigenvalue weighted by atomic mass is 16.5. The van der Waals surface area contributed by atoms with E-state index in [0.717, 1.165) is 11.3 Å². The molecule has 1 aliphatic rings. The largest absolute Gasteiger partial charge is 0.472 e. The summed E-state index contributed by atoms with van der Waals surface area (Å²) in [6.45, 7) is 0. The minimum Gasteiger partial charge on any atom is -0.472 e. The average molecular weight is 135 g/mol. The molecule has 2 rings (SSSR count). The lowest BCUT2D eigenvalue weighted by Gasteiger charge is -1.80. The van der Waals surface area contributed by atoms with E-state index in [-0.39, 0.29) is 0 Å². The van der Waals surface area contributed by atoms with Crippen LogP contribution in [-0.4, -0.2) is 5.16 Å². The smallest absolute Gasteiger partial charge is 0.170 e. The summed E-state index contributed by atoms with van der Waals surface area (Å²) < 4.78 is 9.75. The van der Waals surface area contributed by atoms with Crippen molar-refractivity contribution in [1.82, 2.24) is 5.16 Å². The van der Waals surface area contributed by atoms with Crippen molar-refractivity contribution in [3.63, 3.8) is 0 Å². The second kappa shape index (κ2) is 2.02. The summed E-state index contributed by atoms with van der Waals surface area (Å²) in [7, 11) is 0. The molecule has 0 radical (unpaired) electrons. The molecular weight excluding hydrogens is 130 g/mol. The van der Waals surface area contributed by atoms with Crippen LogP contribution in [0.3, 0.4) is 0 Å². The summed E-state index contributed by atoms with van der Waals surface area (Å²) >= 11 is 0. The van der Waals surface area contributed by atoms with Gasteiger partial charge in [-0.2, -0.15) is 0 Å². The van der Waals surface area contributed by atoms with Crippen molar-refractivity contribution in [3.05, 3.63) is 30.0 Å². The van der Waals surface area contributed by atoms with Crippen LogP contribution in [0, 0.1) is 0 Å². The first-order chi connectivity index (χ1) is 4.97. The summed E-state index contributed by atoms with van der Waals surface area (Å²) in [5.41, 5.74) is 0.939. The number of hydrogen-bond acceptors (Lipinski definition) is 3. The Labute approximate surface area is 57.6 Å². The molecule has 2 heterocycles. The Morgan fingerprint density at radius 3 is 3.10 bits per heavy atom. The van der Waals surface area contributed by atoms with Crippen LogP contribution in [0.2, 0.25) is 0 Å². The Kier molecular flexibility index (Phi) is 1.07. The van der Waals surface area contributed by atoms with Gasteiger partial charge in [-0.3, -0.25) is 0 Å². The summed E-state index contributed by atoms with van der Waals surface area (Å²) in [6, 6.07) is 0. The van der Waals surface area contributed by atoms with Crippen molar-refractivity contribution in [2.24, 2.45) is 0 Å². The number of ether oxygens (including phenoxy) is 1. The van der Waals surface area contributed by atoms with Crippen molar-refractivity contribution < 1.29 is 9.26 Å². The first-order valence-electron chi connectivity index (χ1n) is 2.90. The molecule has 1 aromatic rings. The number of nitrogens with zero attached hydrogens (tertiary/aromatic N) is 1. The van der Waals surface area contributed by atoms with Gasteiger partial charge >= 0.3 is 0 Å². The molecule has 0 atom stereocenters. The third-order valence-electron chi connectivity index (χ3n) is 1.25. The molecule has 0 spiro atoms. The van der Waals surface area contributed by atoms with Crippen molar-refractivity contribution >= 4 is 12.2 Å². The summed E-state index contributed by atoms with van der Waals surface area (Å²) in [6.07, 6.45) is 8.30. The van der Waals surface area contributed by atoms with Gasteiger partial charge < -0.3 is 9.26 Å². The van der Waals surface area contributed by atoms with Crippen molar-refractivity contribution in [2.45, 2.75) is 0 Å². The van der Waals surface area contributed by atoms with Gasteiger partial charge in [-0.05, 0) is 6.08 Å². The zero-order valence-corrected chi connectivity index (χ0v) is 5.15. The quantitative estimate of drug-likeness (QED) is 0.542. The van der Waals surface area contributed by atoms with Crippen molar-refractivity contribution in [1.29, 1.82) is 0 Å². The molecule has 0 saturated carbocycles. The third-order valence-corrected chi connectivity index (χ3v) is 1.25. The van der Waals surface area contributed by atoms with Crippen LogP contribution in [0.25, 0.3) is 12.2 Å². The van der Waals surface area contributed by atoms with Crippen LogP contribution in [0.4, 0.5) is 0 Å². The average Bonchev–Trinajstić information content (AvgIpc) is 2.28. The molecule has 10 heavy (non-hydrogen) atoms. The van der Waals surface area contributed by atoms with E-state index in [0.29, 0.717) is 0 Å². The Morgan fingerprint density at radius 2 is 2.10 bits per heavy atom. The fourth-order valence-electron chi connectivity index (χ4n) is 0.767. The van der Waals surface area contributed by atoms with Crippen LogP contribution in [0.5, 0.6) is 0 Å². The first-order valence-corrected chi connectivity index (χ1v) is 2.90. The van der Waals surface area contributed by atoms with Gasteiger partial charge in [0.2, 0.25) is 0 Å². The highest BCUT2D eigenvalue weighted by Gasteiger charge is 2.02. The fraction of sp³-hybridized carbons (Fsp3) is 0. The molecule has 0 unspecified atom stereocenters. The molecule has 0 amide bonds. The maximum absolute atomic E-state index is 4.89. The molecule has 1 aromatic heterocycles. The van der Waals surface area contributed by atoms with E-state index in [4.69, 9.17) is 9.26 Å². The van der Waals surface area contributed by atoms with Gasteiger partial charge in [-0.25, -0.2) is 0 Å². The molecule has 0 fully saturated rings. The summed E-state index contributed by atoms with van der Waals surface area (Å²) in [5, 5.41) is 3.61. The Bertz CT molecular complexity index is 259. The maximum Gasteiger partial charge on any atom is 0.170 e. The zero-order valence-electron chi connectivity index (χ0n) is 5.15. The zero-order chi connectivity index (χ0) is 6.81. The number of aromatic nitrogens is 1. The predicted octanol–water partition coefficient (Wildman–Crippen LogP) is 1.65. The van der Waals surface area contributed by atoms with E-state index in [1.54, 1.807) is 30.9 Å². The number of hydrogen-bond donors (Lipinski definition) is 0. The molecule has 0 aliphatic carbocycles. The minimum absolute atomic E-state index is 0.730. The van der Waals surface area contributed by atoms with Crippen molar-refractivity contribution in [2.75, 3.05) is 0 Å². The Balaban J connectivity index is 2.56. The van der Waals surface area contributed by atoms with E-state index in [2.05, 4.69) is 5.16 Å². The van der Waals surface area contributed by atoms with Gasteiger partial charge in [0.25, 0.3) is 0 Å². The van der Waals surface area contributed by atoms with E-state index < -0.39 is 0 Å². The predicted molar refractivity (Wildman–Crippen MR) is 35.7 cm³/mol. The molecule has 0 saturated heterocycles. The van der Waals surface area contributed by atoms with Crippen LogP contribution in [0.1, 0.15) is 11.3 Å². The topological polar surface area (TPSA) is 35.3 Å². The second-order valence-electron chi connectivity index (χ2n) is 1.89. The first kappa shape index (κ1) is 5.29. The molecule has 0 bridgehead atoms. The lowest BCUT2D eigenvalue weighted by Crippen LogP contribution is -1.66. The van der Waals surface area contributed by atoms with Crippen LogP contribution >= 0.6 is 0 Å². The third kappa shape index (κ3) is 0.719. The summed E-state index contributed by atoms with van der Waals surface area (Å²) in [4.78, 5) is 0. The van der Waals surface area contributed by atoms with E-state index in [9.17, 15) is 0 Å². The molecule has 50 valence electrons. The van der Waals surface area contributed by atoms with Crippen LogP contribution in [-0.2, 0) is 4.74 Å². The van der Waals surface area contributed by atoms with Crippen molar-refractivity contribution in [3.8, 4) is 0 Å². The van der Waals surface area contributed by atoms with Crippen LogP contribution < -0.4 is 0 Å². The highest BCUT2D eigenvalue weighted by molar-refractivity contribution is 5.60. The molecule has 0 N–H and O–H groups in total. The van der Waals surface area contributed by atoms with Gasteiger partial charge in [-0.1, -0.05) is 5.16 Å². The van der Waals surface area contributed by atoms with E-state index in [1.807, 2.05) is 0 Å². The van der Waals surface area contributed by atoms with Gasteiger partial charge in [0, 0.05) is 11.6 Å². The second-order valence-corrected chi connectivity index (χ2v) is 1.89. The van der Waals surface area contributed by atoms with Gasteiger partial charge in [-0.15, -0.1) is 0 Å². The molecule has 1 aliphatic heterocycles. The van der Waals surface area contributed by atoms with Gasteiger partial charge in [0.05, 0.1) is 18.7 Å². The molecule has 3 nitrogen and oxygen atoms in total. The van der Waals surface area contributed by atoms with E-state index >= 15 is 0 Å². The lowest BCUT2D eigenvalue weighted by atomic mass is 10.2. The Hall–Kier alpha value is -1.51. The molecular formula is C7H5NO2. The normalized spacial score (nSPS) is 14.0. The molecule has 0 aromatic carbocycles. The van der Waals surface area contributed by atoms with Gasteiger partial charge in [0.15, 0.2) is 5.76 Å². The van der Waals surface area contributed by atoms with Gasteiger partial charge in [0.1, 0.15) is 0 Å². The van der Waals surface area contributed by atoms with Crippen LogP contribution in [0.15, 0.2) is 23.2 Å². The monoisotopic (exact) mass is 135 g/mol. The van der Waals surface area contributed by atoms with E-state index in [1.165, 1.54) is 0 Å². The SMILES string of the molecule is C1=Cc2cnoc2C=CO1. The fourth-order valence-corrected chi connectivity index (χ4v) is 0.767. The molecule has 3 heteroatoms. The lowest BCUT2D eigenvalue weighted by molar-refractivity contribution is 0.400.